The number of phenolic OH excluding ortho intramolecular Hbond substituents is 1. The summed E-state index contributed by atoms with van der Waals surface area (Å²) in [7, 11) is 0. The van der Waals surface area contributed by atoms with Crippen LogP contribution in [-0.2, 0) is 0 Å². The van der Waals surface area contributed by atoms with E-state index >= 15 is 0 Å². The van der Waals surface area contributed by atoms with E-state index in [4.69, 9.17) is 5.11 Å². The Balaban J connectivity index is 2.73. The van der Waals surface area contributed by atoms with Gasteiger partial charge in [-0.2, -0.15) is 12.6 Å². The molecule has 0 saturated carbocycles. The highest BCUT2D eigenvalue weighted by Gasteiger charge is 1.98. The van der Waals surface area contributed by atoms with Crippen molar-refractivity contribution in [1.82, 2.24) is 0 Å². The zero-order valence-corrected chi connectivity index (χ0v) is 7.97. The van der Waals surface area contributed by atoms with Crippen LogP contribution in [-0.4, -0.2) is 10.9 Å². The van der Waals surface area contributed by atoms with Gasteiger partial charge >= 0.3 is 0 Å². The smallest absolute Gasteiger partial charge is 0.165 e. The third-order valence-corrected chi connectivity index (χ3v) is 1.84. The number of hydrogen-bond acceptors (Lipinski definition) is 2. The summed E-state index contributed by atoms with van der Waals surface area (Å²) >= 11 is 4.04. The summed E-state index contributed by atoms with van der Waals surface area (Å²) in [5, 5.41) is 8.90. The van der Waals surface area contributed by atoms with E-state index in [0.29, 0.717) is 0 Å². The molecule has 0 spiro atoms. The molecule has 0 aliphatic rings. The average Bonchev–Trinajstić information content (AvgIpc) is 2.12. The Morgan fingerprint density at radius 1 is 1.46 bits per heavy atom. The molecule has 0 unspecified atom stereocenters. The van der Waals surface area contributed by atoms with Crippen molar-refractivity contribution in [3.8, 4) is 5.75 Å². The van der Waals surface area contributed by atoms with E-state index in [1.165, 1.54) is 12.1 Å². The summed E-state index contributed by atoms with van der Waals surface area (Å²) in [5.41, 5.74) is 0.747. The number of hydrogen-bond donors (Lipinski definition) is 2. The van der Waals surface area contributed by atoms with E-state index < -0.39 is 5.82 Å². The first kappa shape index (κ1) is 10.1. The first-order chi connectivity index (χ1) is 6.24. The zero-order valence-electron chi connectivity index (χ0n) is 7.07. The van der Waals surface area contributed by atoms with E-state index in [-0.39, 0.29) is 5.75 Å². The number of halogens is 1. The van der Waals surface area contributed by atoms with Gasteiger partial charge in [-0.05, 0) is 29.9 Å². The molecule has 1 rings (SSSR count). The van der Waals surface area contributed by atoms with E-state index in [9.17, 15) is 4.39 Å². The molecule has 13 heavy (non-hydrogen) atoms. The van der Waals surface area contributed by atoms with Gasteiger partial charge in [0.25, 0.3) is 0 Å². The molecule has 0 amide bonds. The van der Waals surface area contributed by atoms with Crippen LogP contribution in [0.15, 0.2) is 24.3 Å². The Morgan fingerprint density at radius 3 is 2.85 bits per heavy atom. The van der Waals surface area contributed by atoms with Gasteiger partial charge in [-0.1, -0.05) is 18.2 Å². The molecule has 0 heterocycles. The van der Waals surface area contributed by atoms with Gasteiger partial charge in [0, 0.05) is 0 Å². The third kappa shape index (κ3) is 3.11. The number of thiol groups is 1. The average molecular weight is 198 g/mol. The maximum absolute atomic E-state index is 12.8. The molecule has 70 valence electrons. The lowest BCUT2D eigenvalue weighted by molar-refractivity contribution is 0.432. The largest absolute Gasteiger partial charge is 0.505 e. The lowest BCUT2D eigenvalue weighted by Gasteiger charge is -1.96. The van der Waals surface area contributed by atoms with Crippen LogP contribution in [0.1, 0.15) is 12.0 Å². The van der Waals surface area contributed by atoms with E-state index in [0.717, 1.165) is 17.7 Å². The number of allylic oxidation sites excluding steroid dienone is 1. The van der Waals surface area contributed by atoms with Crippen LogP contribution in [0, 0.1) is 5.82 Å². The molecule has 0 aromatic heterocycles. The standard InChI is InChI=1S/C10H11FOS/c11-9-7-8(3-1-2-6-13)4-5-10(9)12/h1,3-5,7,12-13H,2,6H2. The summed E-state index contributed by atoms with van der Waals surface area (Å²) in [6, 6.07) is 4.30. The monoisotopic (exact) mass is 198 g/mol. The molecular formula is C10H11FOS. The number of aromatic hydroxyl groups is 1. The zero-order chi connectivity index (χ0) is 9.68. The third-order valence-electron chi connectivity index (χ3n) is 1.58. The topological polar surface area (TPSA) is 20.2 Å². The van der Waals surface area contributed by atoms with Crippen LogP contribution in [0.2, 0.25) is 0 Å². The van der Waals surface area contributed by atoms with Crippen LogP contribution in [0.3, 0.4) is 0 Å². The van der Waals surface area contributed by atoms with Crippen molar-refractivity contribution in [1.29, 1.82) is 0 Å². The van der Waals surface area contributed by atoms with Gasteiger partial charge in [0.2, 0.25) is 0 Å². The van der Waals surface area contributed by atoms with Crippen molar-refractivity contribution in [2.45, 2.75) is 6.42 Å². The first-order valence-electron chi connectivity index (χ1n) is 4.00. The molecule has 0 saturated heterocycles. The minimum absolute atomic E-state index is 0.314. The maximum Gasteiger partial charge on any atom is 0.165 e. The van der Waals surface area contributed by atoms with Gasteiger partial charge in [0.1, 0.15) is 0 Å². The van der Waals surface area contributed by atoms with Gasteiger partial charge in [-0.3, -0.25) is 0 Å². The van der Waals surface area contributed by atoms with Gasteiger partial charge in [-0.25, -0.2) is 4.39 Å². The molecule has 0 aliphatic heterocycles. The van der Waals surface area contributed by atoms with E-state index in [1.807, 2.05) is 6.08 Å². The van der Waals surface area contributed by atoms with Crippen molar-refractivity contribution in [2.75, 3.05) is 5.75 Å². The van der Waals surface area contributed by atoms with Gasteiger partial charge < -0.3 is 5.11 Å². The van der Waals surface area contributed by atoms with E-state index in [2.05, 4.69) is 12.6 Å². The van der Waals surface area contributed by atoms with Crippen molar-refractivity contribution < 1.29 is 9.50 Å². The lowest BCUT2D eigenvalue weighted by atomic mass is 10.2. The quantitative estimate of drug-likeness (QED) is 0.715. The Kier molecular flexibility index (Phi) is 3.83. The molecule has 3 heteroatoms. The molecule has 1 aromatic carbocycles. The highest BCUT2D eigenvalue weighted by molar-refractivity contribution is 7.80. The maximum atomic E-state index is 12.8. The van der Waals surface area contributed by atoms with Crippen LogP contribution >= 0.6 is 12.6 Å². The highest BCUT2D eigenvalue weighted by atomic mass is 32.1. The number of benzene rings is 1. The van der Waals surface area contributed by atoms with Crippen LogP contribution < -0.4 is 0 Å². The van der Waals surface area contributed by atoms with Crippen LogP contribution in [0.4, 0.5) is 4.39 Å². The van der Waals surface area contributed by atoms with Crippen molar-refractivity contribution in [3.05, 3.63) is 35.7 Å². The predicted molar refractivity (Wildman–Crippen MR) is 55.6 cm³/mol. The fraction of sp³-hybridized carbons (Fsp3) is 0.200. The Labute approximate surface area is 82.3 Å². The van der Waals surface area contributed by atoms with Gasteiger partial charge in [0.15, 0.2) is 11.6 Å². The molecule has 1 nitrogen and oxygen atoms in total. The minimum Gasteiger partial charge on any atom is -0.505 e. The van der Waals surface area contributed by atoms with Crippen LogP contribution in [0.25, 0.3) is 6.08 Å². The summed E-state index contributed by atoms with van der Waals surface area (Å²) in [4.78, 5) is 0. The first-order valence-corrected chi connectivity index (χ1v) is 4.63. The molecule has 0 radical (unpaired) electrons. The molecule has 0 aliphatic carbocycles. The summed E-state index contributed by atoms with van der Waals surface area (Å²) < 4.78 is 12.8. The normalized spacial score (nSPS) is 10.9. The number of phenols is 1. The summed E-state index contributed by atoms with van der Waals surface area (Å²) in [6.45, 7) is 0. The molecule has 0 bridgehead atoms. The van der Waals surface area contributed by atoms with Crippen molar-refractivity contribution in [2.24, 2.45) is 0 Å². The lowest BCUT2D eigenvalue weighted by Crippen LogP contribution is -1.78. The second-order valence-corrected chi connectivity index (χ2v) is 3.07. The van der Waals surface area contributed by atoms with Crippen molar-refractivity contribution in [3.63, 3.8) is 0 Å². The fourth-order valence-electron chi connectivity index (χ4n) is 0.921. The van der Waals surface area contributed by atoms with Gasteiger partial charge in [0.05, 0.1) is 0 Å². The Morgan fingerprint density at radius 2 is 2.23 bits per heavy atom. The Bertz CT molecular complexity index is 310. The van der Waals surface area contributed by atoms with Gasteiger partial charge in [-0.15, -0.1) is 0 Å². The molecule has 0 fully saturated rings. The minimum atomic E-state index is -0.590. The predicted octanol–water partition coefficient (Wildman–Crippen LogP) is 2.86. The second kappa shape index (κ2) is 4.92. The molecular weight excluding hydrogens is 187 g/mol. The Hall–Kier alpha value is -0.960. The summed E-state index contributed by atoms with van der Waals surface area (Å²) in [6.07, 6.45) is 4.57. The number of rotatable bonds is 3. The molecule has 1 aromatic rings. The SMILES string of the molecule is Oc1ccc(C=CCCS)cc1F. The fourth-order valence-corrected chi connectivity index (χ4v) is 1.07. The van der Waals surface area contributed by atoms with Crippen LogP contribution in [0.5, 0.6) is 5.75 Å². The summed E-state index contributed by atoms with van der Waals surface area (Å²) in [5.74, 6) is -0.128. The highest BCUT2D eigenvalue weighted by Crippen LogP contribution is 2.16. The molecule has 1 N–H and O–H groups in total. The molecule has 0 atom stereocenters. The second-order valence-electron chi connectivity index (χ2n) is 2.63. The van der Waals surface area contributed by atoms with E-state index in [1.54, 1.807) is 12.1 Å². The van der Waals surface area contributed by atoms with Crippen molar-refractivity contribution >= 4 is 18.7 Å².